The Morgan fingerprint density at radius 3 is 2.38 bits per heavy atom. The number of primary amides is 1. The van der Waals surface area contributed by atoms with Crippen LogP contribution in [0.1, 0.15) is 37.0 Å². The number of aliphatic hydroxyl groups is 3. The van der Waals surface area contributed by atoms with E-state index < -0.39 is 58.0 Å². The quantitative estimate of drug-likeness (QED) is 0.195. The van der Waals surface area contributed by atoms with Gasteiger partial charge in [-0.25, -0.2) is 0 Å². The van der Waals surface area contributed by atoms with Gasteiger partial charge in [0.1, 0.15) is 29.4 Å². The Bertz CT molecular complexity index is 1380. The van der Waals surface area contributed by atoms with Crippen molar-refractivity contribution in [3.8, 4) is 5.75 Å². The molecule has 4 rings (SSSR count). The Kier molecular flexibility index (Phi) is 6.98. The molecule has 12 nitrogen and oxygen atoms in total. The van der Waals surface area contributed by atoms with E-state index in [1.807, 2.05) is 0 Å². The van der Waals surface area contributed by atoms with Crippen LogP contribution in [0.25, 0.3) is 5.76 Å². The maximum absolute atomic E-state index is 14.0. The summed E-state index contributed by atoms with van der Waals surface area (Å²) in [6, 6.07) is 0.579. The molecule has 1 saturated carbocycles. The smallest absolute Gasteiger partial charge is 0.255 e. The van der Waals surface area contributed by atoms with Gasteiger partial charge in [-0.3, -0.25) is 19.3 Å². The first-order valence-corrected chi connectivity index (χ1v) is 12.6. The Labute approximate surface area is 225 Å². The van der Waals surface area contributed by atoms with Crippen molar-refractivity contribution in [2.24, 2.45) is 22.7 Å². The molecule has 0 saturated heterocycles. The van der Waals surface area contributed by atoms with Crippen LogP contribution in [-0.4, -0.2) is 95.0 Å². The van der Waals surface area contributed by atoms with Gasteiger partial charge in [0.15, 0.2) is 11.4 Å². The number of anilines is 1. The molecule has 1 amide bonds. The summed E-state index contributed by atoms with van der Waals surface area (Å²) >= 11 is 0. The first-order chi connectivity index (χ1) is 18.2. The summed E-state index contributed by atoms with van der Waals surface area (Å²) in [6.07, 6.45) is 0.212. The minimum atomic E-state index is -2.69. The molecule has 1 aromatic rings. The van der Waals surface area contributed by atoms with Crippen molar-refractivity contribution in [2.45, 2.75) is 38.3 Å². The number of rotatable bonds is 6. The summed E-state index contributed by atoms with van der Waals surface area (Å²) in [4.78, 5) is 47.7. The van der Waals surface area contributed by atoms with Crippen molar-refractivity contribution in [3.63, 3.8) is 0 Å². The topological polar surface area (TPSA) is 186 Å². The van der Waals surface area contributed by atoms with Crippen LogP contribution in [-0.2, 0) is 25.6 Å². The van der Waals surface area contributed by atoms with Crippen LogP contribution in [0, 0.1) is 11.8 Å². The molecule has 0 bridgehead atoms. The fraction of sp³-hybridized carbons (Fsp3) is 0.481. The molecule has 0 radical (unpaired) electrons. The average Bonchev–Trinajstić information content (AvgIpc) is 2.84. The highest BCUT2D eigenvalue weighted by Gasteiger charge is 2.64. The minimum absolute atomic E-state index is 0.00135. The van der Waals surface area contributed by atoms with Crippen LogP contribution < -0.4 is 10.6 Å². The number of oxime groups is 1. The van der Waals surface area contributed by atoms with E-state index >= 15 is 0 Å². The van der Waals surface area contributed by atoms with E-state index in [-0.39, 0.29) is 35.3 Å². The number of nitrogens with two attached hydrogens (primary N) is 1. The van der Waals surface area contributed by atoms with Crippen molar-refractivity contribution in [2.75, 3.05) is 39.7 Å². The Morgan fingerprint density at radius 1 is 1.21 bits per heavy atom. The number of nitrogens with zero attached hydrogens (tertiary/aromatic N) is 3. The molecule has 0 spiro atoms. The number of ketones is 2. The molecular weight excluding hydrogens is 508 g/mol. The number of phenolic OH excluding ortho intramolecular Hbond substituents is 1. The van der Waals surface area contributed by atoms with Gasteiger partial charge in [0.05, 0.1) is 17.3 Å². The number of aliphatic hydroxyl groups excluding tert-OH is 2. The third-order valence-corrected chi connectivity index (χ3v) is 7.90. The molecule has 12 heteroatoms. The molecule has 39 heavy (non-hydrogen) atoms. The maximum Gasteiger partial charge on any atom is 0.255 e. The van der Waals surface area contributed by atoms with Crippen molar-refractivity contribution >= 4 is 34.6 Å². The largest absolute Gasteiger partial charge is 0.508 e. The molecule has 6 N–H and O–H groups in total. The lowest BCUT2D eigenvalue weighted by atomic mass is 9.57. The van der Waals surface area contributed by atoms with E-state index in [1.54, 1.807) is 53.0 Å². The SMILES string of the molecule is CCON=C(C)c1cc(N(C)C)c2c(c1O)C(O)=C1C(=O)[C@]3(O)C(O)=C(C(N)=O)C(=O)C(N(C)C)C3C[C@@H]1C2. The normalized spacial score (nSPS) is 26.9. The van der Waals surface area contributed by atoms with Crippen molar-refractivity contribution < 1.29 is 39.6 Å². The summed E-state index contributed by atoms with van der Waals surface area (Å²) in [5.74, 6) is -6.92. The molecule has 3 aliphatic rings. The number of benzene rings is 1. The molecule has 0 heterocycles. The van der Waals surface area contributed by atoms with E-state index in [4.69, 9.17) is 10.6 Å². The number of phenols is 1. The number of hydrogen-bond donors (Lipinski definition) is 5. The molecule has 210 valence electrons. The Balaban J connectivity index is 2.00. The van der Waals surface area contributed by atoms with Crippen molar-refractivity contribution in [1.82, 2.24) is 4.90 Å². The number of fused-ring (bicyclic) bond motifs is 3. The van der Waals surface area contributed by atoms with Gasteiger partial charge in [0, 0.05) is 36.8 Å². The number of carbonyl (C=O) groups excluding carboxylic acids is 3. The van der Waals surface area contributed by atoms with Crippen LogP contribution in [0.15, 0.2) is 28.1 Å². The molecule has 1 fully saturated rings. The fourth-order valence-corrected chi connectivity index (χ4v) is 6.18. The highest BCUT2D eigenvalue weighted by atomic mass is 16.6. The lowest BCUT2D eigenvalue weighted by molar-refractivity contribution is -0.153. The van der Waals surface area contributed by atoms with E-state index in [0.717, 1.165) is 0 Å². The van der Waals surface area contributed by atoms with Gasteiger partial charge in [-0.1, -0.05) is 5.16 Å². The van der Waals surface area contributed by atoms with Crippen molar-refractivity contribution in [1.29, 1.82) is 0 Å². The second-order valence-electron chi connectivity index (χ2n) is 10.6. The van der Waals surface area contributed by atoms with Gasteiger partial charge in [0.25, 0.3) is 5.91 Å². The summed E-state index contributed by atoms with van der Waals surface area (Å²) < 4.78 is 0. The van der Waals surface area contributed by atoms with E-state index in [0.29, 0.717) is 23.6 Å². The Hall–Kier alpha value is -3.90. The first-order valence-electron chi connectivity index (χ1n) is 12.6. The third-order valence-electron chi connectivity index (χ3n) is 7.90. The van der Waals surface area contributed by atoms with Gasteiger partial charge in [-0.15, -0.1) is 0 Å². The second kappa shape index (κ2) is 9.69. The van der Waals surface area contributed by atoms with Gasteiger partial charge in [0.2, 0.25) is 5.78 Å². The third kappa shape index (κ3) is 3.97. The molecule has 1 aromatic carbocycles. The molecule has 0 aliphatic heterocycles. The van der Waals surface area contributed by atoms with Gasteiger partial charge < -0.3 is 35.9 Å². The summed E-state index contributed by atoms with van der Waals surface area (Å²) in [6.45, 7) is 3.68. The van der Waals surface area contributed by atoms with Gasteiger partial charge in [-0.05, 0) is 58.3 Å². The Morgan fingerprint density at radius 2 is 1.85 bits per heavy atom. The highest BCUT2D eigenvalue weighted by Crippen LogP contribution is 2.54. The van der Waals surface area contributed by atoms with Gasteiger partial charge >= 0.3 is 0 Å². The summed E-state index contributed by atoms with van der Waals surface area (Å²) in [5, 5.41) is 49.5. The van der Waals surface area contributed by atoms with Crippen LogP contribution in [0.5, 0.6) is 5.75 Å². The molecule has 4 atom stereocenters. The zero-order valence-electron chi connectivity index (χ0n) is 22.8. The number of likely N-dealkylation sites (N-methyl/N-ethyl adjacent to an activating group) is 1. The number of hydrogen-bond acceptors (Lipinski definition) is 11. The zero-order chi connectivity index (χ0) is 29.1. The molecule has 3 aliphatic carbocycles. The van der Waals surface area contributed by atoms with Crippen LogP contribution in [0.4, 0.5) is 5.69 Å². The van der Waals surface area contributed by atoms with Crippen LogP contribution in [0.2, 0.25) is 0 Å². The zero-order valence-corrected chi connectivity index (χ0v) is 22.8. The van der Waals surface area contributed by atoms with Crippen LogP contribution >= 0.6 is 0 Å². The lowest BCUT2D eigenvalue weighted by Crippen LogP contribution is -2.65. The van der Waals surface area contributed by atoms with Crippen LogP contribution in [0.3, 0.4) is 0 Å². The second-order valence-corrected chi connectivity index (χ2v) is 10.6. The summed E-state index contributed by atoms with van der Waals surface area (Å²) in [7, 11) is 6.71. The summed E-state index contributed by atoms with van der Waals surface area (Å²) in [5.41, 5.74) is 3.45. The van der Waals surface area contributed by atoms with Gasteiger partial charge in [-0.2, -0.15) is 0 Å². The molecule has 0 aromatic heterocycles. The fourth-order valence-electron chi connectivity index (χ4n) is 6.18. The predicted molar refractivity (Wildman–Crippen MR) is 142 cm³/mol. The average molecular weight is 543 g/mol. The van der Waals surface area contributed by atoms with E-state index in [2.05, 4.69) is 5.16 Å². The monoisotopic (exact) mass is 542 g/mol. The number of carbonyl (C=O) groups is 3. The number of Topliss-reactive ketones (excluding diaryl/α,β-unsaturated/α-hetero) is 2. The minimum Gasteiger partial charge on any atom is -0.508 e. The first kappa shape index (κ1) is 28.1. The van der Waals surface area contributed by atoms with E-state index in [1.165, 1.54) is 4.90 Å². The molecular formula is C27H34N4O8. The number of aromatic hydroxyl groups is 1. The lowest BCUT2D eigenvalue weighted by Gasteiger charge is -2.50. The van der Waals surface area contributed by atoms with E-state index in [9.17, 15) is 34.8 Å². The standard InChI is InChI=1S/C27H34N4O8/c1-7-39-29-11(2)13-10-16(30(3)4)14-8-12-9-15-20(31(5)6)23(34)19(26(28)37)25(36)27(15,38)24(35)17(12)22(33)18(14)21(13)32/h10,12,15,20,32-33,36,38H,7-9H2,1-6H3,(H2,28,37)/t12-,15?,20?,27-/m0/s1. The maximum atomic E-state index is 14.0. The van der Waals surface area contributed by atoms with Crippen molar-refractivity contribution in [3.05, 3.63) is 39.7 Å². The molecule has 2 unspecified atom stereocenters. The predicted octanol–water partition coefficient (Wildman–Crippen LogP) is 0.791. The highest BCUT2D eigenvalue weighted by molar-refractivity contribution is 6.24. The number of amides is 1.